The fourth-order valence-corrected chi connectivity index (χ4v) is 3.06. The molecule has 0 saturated heterocycles. The van der Waals surface area contributed by atoms with Gasteiger partial charge in [-0.25, -0.2) is 5.43 Å². The largest absolute Gasteiger partial charge is 0.490 e. The first-order valence-corrected chi connectivity index (χ1v) is 9.83. The fourth-order valence-electron chi connectivity index (χ4n) is 3.06. The Morgan fingerprint density at radius 1 is 0.900 bits per heavy atom. The number of ether oxygens (including phenoxy) is 1. The Kier molecular flexibility index (Phi) is 6.80. The number of rotatable bonds is 6. The van der Waals surface area contributed by atoms with Crippen LogP contribution in [-0.2, 0) is 9.59 Å². The van der Waals surface area contributed by atoms with Crippen LogP contribution in [0.15, 0.2) is 71.8 Å². The highest BCUT2D eigenvalue weighted by molar-refractivity contribution is 6.35. The summed E-state index contributed by atoms with van der Waals surface area (Å²) in [6, 6.07) is 20.8. The molecule has 3 aromatic rings. The number of carbonyl (C=O) groups is 2. The topological polar surface area (TPSA) is 79.8 Å². The second-order valence-corrected chi connectivity index (χ2v) is 7.17. The molecule has 0 fully saturated rings. The van der Waals surface area contributed by atoms with Gasteiger partial charge in [-0.05, 0) is 43.2 Å². The summed E-state index contributed by atoms with van der Waals surface area (Å²) in [5, 5.41) is 8.62. The van der Waals surface area contributed by atoms with Gasteiger partial charge >= 0.3 is 11.8 Å². The van der Waals surface area contributed by atoms with E-state index in [1.807, 2.05) is 87.5 Å². The van der Waals surface area contributed by atoms with Gasteiger partial charge in [0.1, 0.15) is 5.75 Å². The van der Waals surface area contributed by atoms with Gasteiger partial charge in [0.15, 0.2) is 0 Å². The second-order valence-electron chi connectivity index (χ2n) is 7.17. The van der Waals surface area contributed by atoms with Crippen LogP contribution in [-0.4, -0.2) is 24.1 Å². The van der Waals surface area contributed by atoms with Crippen molar-refractivity contribution >= 4 is 28.8 Å². The average molecular weight is 403 g/mol. The molecule has 0 aliphatic rings. The van der Waals surface area contributed by atoms with Crippen molar-refractivity contribution in [3.63, 3.8) is 0 Å². The fraction of sp³-hybridized carbons (Fsp3) is 0.208. The molecule has 6 nitrogen and oxygen atoms in total. The standard InChI is InChI=1S/C24H25N3O3/c1-16(2)30-22-14-13-19-11-7-8-12-20(19)21(22)15-25-27-24(29)23(28)26-17(3)18-9-5-4-6-10-18/h4-17H,1-3H3,(H,26,28)(H,27,29)/b25-15-/t17-/m1/s1. The molecule has 1 atom stereocenters. The molecule has 3 rings (SSSR count). The predicted molar refractivity (Wildman–Crippen MR) is 118 cm³/mol. The highest BCUT2D eigenvalue weighted by Crippen LogP contribution is 2.27. The Morgan fingerprint density at radius 2 is 1.60 bits per heavy atom. The molecule has 154 valence electrons. The molecule has 0 aromatic heterocycles. The van der Waals surface area contributed by atoms with Crippen molar-refractivity contribution in [1.82, 2.24) is 10.7 Å². The summed E-state index contributed by atoms with van der Waals surface area (Å²) >= 11 is 0. The van der Waals surface area contributed by atoms with Gasteiger partial charge in [0.25, 0.3) is 0 Å². The lowest BCUT2D eigenvalue weighted by atomic mass is 10.0. The van der Waals surface area contributed by atoms with Gasteiger partial charge in [0.2, 0.25) is 0 Å². The Labute approximate surface area is 175 Å². The van der Waals surface area contributed by atoms with E-state index in [9.17, 15) is 9.59 Å². The van der Waals surface area contributed by atoms with Crippen LogP contribution in [0.2, 0.25) is 0 Å². The van der Waals surface area contributed by atoms with Gasteiger partial charge in [-0.1, -0.05) is 60.7 Å². The van der Waals surface area contributed by atoms with Crippen LogP contribution in [0.1, 0.15) is 37.9 Å². The summed E-state index contributed by atoms with van der Waals surface area (Å²) in [5.41, 5.74) is 3.94. The quantitative estimate of drug-likeness (QED) is 0.371. The van der Waals surface area contributed by atoms with Gasteiger partial charge in [-0.15, -0.1) is 0 Å². The molecule has 2 N–H and O–H groups in total. The summed E-state index contributed by atoms with van der Waals surface area (Å²) in [6.07, 6.45) is 1.49. The molecule has 30 heavy (non-hydrogen) atoms. The Bertz CT molecular complexity index is 1060. The molecular weight excluding hydrogens is 378 g/mol. The lowest BCUT2D eigenvalue weighted by molar-refractivity contribution is -0.139. The number of carbonyl (C=O) groups excluding carboxylic acids is 2. The number of nitrogens with zero attached hydrogens (tertiary/aromatic N) is 1. The summed E-state index contributed by atoms with van der Waals surface area (Å²) in [6.45, 7) is 5.70. The molecule has 0 bridgehead atoms. The third kappa shape index (κ3) is 5.23. The van der Waals surface area contributed by atoms with Gasteiger partial charge in [-0.2, -0.15) is 5.10 Å². The molecule has 0 radical (unpaired) electrons. The smallest absolute Gasteiger partial charge is 0.329 e. The zero-order valence-corrected chi connectivity index (χ0v) is 17.3. The van der Waals surface area contributed by atoms with Gasteiger partial charge in [0.05, 0.1) is 18.4 Å². The van der Waals surface area contributed by atoms with Crippen molar-refractivity contribution in [2.75, 3.05) is 0 Å². The van der Waals surface area contributed by atoms with E-state index in [1.54, 1.807) is 0 Å². The minimum atomic E-state index is -0.833. The third-order valence-electron chi connectivity index (χ3n) is 4.51. The first kappa shape index (κ1) is 21.0. The van der Waals surface area contributed by atoms with Crippen LogP contribution >= 0.6 is 0 Å². The van der Waals surface area contributed by atoms with Gasteiger partial charge in [0, 0.05) is 5.56 Å². The maximum atomic E-state index is 12.2. The maximum absolute atomic E-state index is 12.2. The van der Waals surface area contributed by atoms with E-state index in [1.165, 1.54) is 6.21 Å². The van der Waals surface area contributed by atoms with E-state index >= 15 is 0 Å². The average Bonchev–Trinajstić information content (AvgIpc) is 2.75. The van der Waals surface area contributed by atoms with Crippen molar-refractivity contribution in [3.8, 4) is 5.75 Å². The molecular formula is C24H25N3O3. The van der Waals surface area contributed by atoms with Crippen LogP contribution < -0.4 is 15.5 Å². The van der Waals surface area contributed by atoms with E-state index in [2.05, 4.69) is 15.8 Å². The van der Waals surface area contributed by atoms with E-state index in [0.29, 0.717) is 5.75 Å². The van der Waals surface area contributed by atoms with Crippen molar-refractivity contribution in [1.29, 1.82) is 0 Å². The number of hydrazone groups is 1. The Morgan fingerprint density at radius 3 is 2.33 bits per heavy atom. The number of benzene rings is 3. The lowest BCUT2D eigenvalue weighted by Crippen LogP contribution is -2.39. The van der Waals surface area contributed by atoms with Gasteiger partial charge < -0.3 is 10.1 Å². The highest BCUT2D eigenvalue weighted by Gasteiger charge is 2.16. The van der Waals surface area contributed by atoms with Crippen molar-refractivity contribution in [3.05, 3.63) is 77.9 Å². The minimum Gasteiger partial charge on any atom is -0.490 e. The SMILES string of the molecule is CC(C)Oc1ccc2ccccc2c1/C=N\NC(=O)C(=O)N[C@H](C)c1ccccc1. The first-order valence-electron chi connectivity index (χ1n) is 9.83. The maximum Gasteiger partial charge on any atom is 0.329 e. The summed E-state index contributed by atoms with van der Waals surface area (Å²) in [7, 11) is 0. The molecule has 2 amide bonds. The molecule has 0 saturated carbocycles. The monoisotopic (exact) mass is 403 g/mol. The van der Waals surface area contributed by atoms with Gasteiger partial charge in [-0.3, -0.25) is 9.59 Å². The minimum absolute atomic E-state index is 0.0156. The molecule has 0 aliphatic carbocycles. The van der Waals surface area contributed by atoms with Crippen LogP contribution in [0.3, 0.4) is 0 Å². The lowest BCUT2D eigenvalue weighted by Gasteiger charge is -2.14. The zero-order valence-electron chi connectivity index (χ0n) is 17.3. The van der Waals surface area contributed by atoms with E-state index in [-0.39, 0.29) is 12.1 Å². The molecule has 0 aliphatic heterocycles. The van der Waals surface area contributed by atoms with Crippen molar-refractivity contribution < 1.29 is 14.3 Å². The number of amides is 2. The number of hydrogen-bond donors (Lipinski definition) is 2. The molecule has 0 heterocycles. The van der Waals surface area contributed by atoms with Crippen LogP contribution in [0.25, 0.3) is 10.8 Å². The van der Waals surface area contributed by atoms with E-state index in [0.717, 1.165) is 21.9 Å². The van der Waals surface area contributed by atoms with E-state index in [4.69, 9.17) is 4.74 Å². The Balaban J connectivity index is 1.72. The number of fused-ring (bicyclic) bond motifs is 1. The molecule has 0 spiro atoms. The summed E-state index contributed by atoms with van der Waals surface area (Å²) < 4.78 is 5.88. The summed E-state index contributed by atoms with van der Waals surface area (Å²) in [5.74, 6) is -0.926. The van der Waals surface area contributed by atoms with Crippen LogP contribution in [0.5, 0.6) is 5.75 Å². The van der Waals surface area contributed by atoms with Crippen molar-refractivity contribution in [2.45, 2.75) is 32.9 Å². The van der Waals surface area contributed by atoms with Crippen LogP contribution in [0.4, 0.5) is 0 Å². The number of hydrogen-bond acceptors (Lipinski definition) is 4. The van der Waals surface area contributed by atoms with E-state index < -0.39 is 11.8 Å². The molecule has 3 aromatic carbocycles. The number of nitrogens with one attached hydrogen (secondary N) is 2. The second kappa shape index (κ2) is 9.69. The highest BCUT2D eigenvalue weighted by atomic mass is 16.5. The zero-order chi connectivity index (χ0) is 21.5. The normalized spacial score (nSPS) is 12.1. The predicted octanol–water partition coefficient (Wildman–Crippen LogP) is 3.95. The molecule has 6 heteroatoms. The molecule has 0 unspecified atom stereocenters. The summed E-state index contributed by atoms with van der Waals surface area (Å²) in [4.78, 5) is 24.3. The Hall–Kier alpha value is -3.67. The first-order chi connectivity index (χ1) is 14.5. The van der Waals surface area contributed by atoms with Crippen LogP contribution in [0, 0.1) is 0 Å². The van der Waals surface area contributed by atoms with Crippen molar-refractivity contribution in [2.24, 2.45) is 5.10 Å². The third-order valence-corrected chi connectivity index (χ3v) is 4.51.